The van der Waals surface area contributed by atoms with Crippen LogP contribution in [0.1, 0.15) is 24.9 Å². The molecule has 1 rings (SSSR count). The topological polar surface area (TPSA) is 55.4 Å². The molecule has 0 saturated carbocycles. The maximum Gasteiger partial charge on any atom is 0.209 e. The molecule has 0 aliphatic rings. The second kappa shape index (κ2) is 5.32. The van der Waals surface area contributed by atoms with E-state index in [1.54, 1.807) is 7.11 Å². The average Bonchev–Trinajstić information content (AvgIpc) is 2.25. The van der Waals surface area contributed by atoms with Gasteiger partial charge < -0.3 is 4.74 Å². The summed E-state index contributed by atoms with van der Waals surface area (Å²) in [7, 11) is -1.58. The summed E-state index contributed by atoms with van der Waals surface area (Å²) in [5.41, 5.74) is 0.939. The van der Waals surface area contributed by atoms with Crippen LogP contribution < -0.4 is 9.46 Å². The number of rotatable bonds is 5. The Labute approximate surface area is 96.7 Å². The van der Waals surface area contributed by atoms with E-state index in [0.717, 1.165) is 11.3 Å². The van der Waals surface area contributed by atoms with Crippen molar-refractivity contribution in [3.8, 4) is 5.75 Å². The van der Waals surface area contributed by atoms with Crippen molar-refractivity contribution in [3.63, 3.8) is 0 Å². The second-order valence-electron chi connectivity index (χ2n) is 3.62. The molecule has 0 aliphatic carbocycles. The van der Waals surface area contributed by atoms with Gasteiger partial charge in [-0.25, -0.2) is 13.1 Å². The van der Waals surface area contributed by atoms with Crippen molar-refractivity contribution < 1.29 is 13.2 Å². The third-order valence-corrected chi connectivity index (χ3v) is 3.00. The van der Waals surface area contributed by atoms with Gasteiger partial charge in [0.15, 0.2) is 0 Å². The maximum absolute atomic E-state index is 11.2. The van der Waals surface area contributed by atoms with Crippen molar-refractivity contribution in [2.24, 2.45) is 0 Å². The lowest BCUT2D eigenvalue weighted by Gasteiger charge is -2.16. The zero-order chi connectivity index (χ0) is 12.2. The van der Waals surface area contributed by atoms with Crippen molar-refractivity contribution in [3.05, 3.63) is 29.8 Å². The van der Waals surface area contributed by atoms with E-state index >= 15 is 0 Å². The van der Waals surface area contributed by atoms with Crippen molar-refractivity contribution in [1.29, 1.82) is 0 Å². The minimum atomic E-state index is -3.18. The van der Waals surface area contributed by atoms with Crippen LogP contribution in [0.3, 0.4) is 0 Å². The average molecular weight is 243 g/mol. The maximum atomic E-state index is 11.2. The van der Waals surface area contributed by atoms with E-state index in [-0.39, 0.29) is 6.04 Å². The fourth-order valence-corrected chi connectivity index (χ4v) is 2.30. The van der Waals surface area contributed by atoms with Crippen LogP contribution in [0.25, 0.3) is 0 Å². The third kappa shape index (κ3) is 3.83. The zero-order valence-electron chi connectivity index (χ0n) is 9.73. The molecule has 1 N–H and O–H groups in total. The van der Waals surface area contributed by atoms with Gasteiger partial charge in [-0.2, -0.15) is 0 Å². The molecule has 0 aliphatic heterocycles. The number of nitrogens with one attached hydrogen (secondary N) is 1. The fourth-order valence-electron chi connectivity index (χ4n) is 1.48. The number of ether oxygens (including phenoxy) is 1. The predicted octanol–water partition coefficient (Wildman–Crippen LogP) is 1.70. The summed E-state index contributed by atoms with van der Waals surface area (Å²) in [5.74, 6) is 0.762. The van der Waals surface area contributed by atoms with Crippen LogP contribution in [0.15, 0.2) is 24.3 Å². The molecule has 0 bridgehead atoms. The Morgan fingerprint density at radius 2 is 1.88 bits per heavy atom. The first kappa shape index (κ1) is 13.0. The van der Waals surface area contributed by atoms with Crippen LogP contribution in [0.2, 0.25) is 0 Å². The van der Waals surface area contributed by atoms with Crippen molar-refractivity contribution in [2.75, 3.05) is 13.4 Å². The number of benzene rings is 1. The molecule has 0 heterocycles. The van der Waals surface area contributed by atoms with Gasteiger partial charge in [-0.3, -0.25) is 0 Å². The minimum Gasteiger partial charge on any atom is -0.497 e. The van der Waals surface area contributed by atoms with E-state index in [1.165, 1.54) is 6.26 Å². The summed E-state index contributed by atoms with van der Waals surface area (Å²) < 4.78 is 30.0. The standard InChI is InChI=1S/C11H17NO3S/c1-4-11(12-16(3,13)14)9-5-7-10(15-2)8-6-9/h5-8,11-12H,4H2,1-3H3/t11-/m0/s1. The van der Waals surface area contributed by atoms with Gasteiger partial charge in [0.25, 0.3) is 0 Å². The van der Waals surface area contributed by atoms with Crippen molar-refractivity contribution in [1.82, 2.24) is 4.72 Å². The molecule has 90 valence electrons. The molecule has 1 aromatic carbocycles. The van der Waals surface area contributed by atoms with E-state index < -0.39 is 10.0 Å². The SMILES string of the molecule is CC[C@H](NS(C)(=O)=O)c1ccc(OC)cc1. The summed E-state index contributed by atoms with van der Waals surface area (Å²) in [6, 6.07) is 7.20. The lowest BCUT2D eigenvalue weighted by Crippen LogP contribution is -2.26. The molecule has 0 spiro atoms. The van der Waals surface area contributed by atoms with Gasteiger partial charge in [0.2, 0.25) is 10.0 Å². The van der Waals surface area contributed by atoms with Gasteiger partial charge in [-0.1, -0.05) is 19.1 Å². The van der Waals surface area contributed by atoms with Crippen LogP contribution in [-0.2, 0) is 10.0 Å². The second-order valence-corrected chi connectivity index (χ2v) is 5.40. The molecular weight excluding hydrogens is 226 g/mol. The highest BCUT2D eigenvalue weighted by atomic mass is 32.2. The van der Waals surface area contributed by atoms with Gasteiger partial charge in [-0.05, 0) is 24.1 Å². The molecule has 1 atom stereocenters. The summed E-state index contributed by atoms with van der Waals surface area (Å²) in [5, 5.41) is 0. The molecule has 4 nitrogen and oxygen atoms in total. The van der Waals surface area contributed by atoms with Gasteiger partial charge in [0.05, 0.1) is 13.4 Å². The molecule has 0 radical (unpaired) electrons. The van der Waals surface area contributed by atoms with Gasteiger partial charge in [-0.15, -0.1) is 0 Å². The highest BCUT2D eigenvalue weighted by molar-refractivity contribution is 7.88. The smallest absolute Gasteiger partial charge is 0.209 e. The highest BCUT2D eigenvalue weighted by Crippen LogP contribution is 2.20. The molecule has 0 fully saturated rings. The Morgan fingerprint density at radius 1 is 1.31 bits per heavy atom. The number of sulfonamides is 1. The van der Waals surface area contributed by atoms with E-state index in [4.69, 9.17) is 4.74 Å². The quantitative estimate of drug-likeness (QED) is 0.856. The normalized spacial score (nSPS) is 13.4. The Hall–Kier alpha value is -1.07. The number of methoxy groups -OCH3 is 1. The molecule has 0 amide bonds. The van der Waals surface area contributed by atoms with Gasteiger partial charge >= 0.3 is 0 Å². The van der Waals surface area contributed by atoms with Gasteiger partial charge in [0.1, 0.15) is 5.75 Å². The van der Waals surface area contributed by atoms with Crippen LogP contribution in [0.4, 0.5) is 0 Å². The highest BCUT2D eigenvalue weighted by Gasteiger charge is 2.13. The largest absolute Gasteiger partial charge is 0.497 e. The zero-order valence-corrected chi connectivity index (χ0v) is 10.5. The first-order valence-corrected chi connectivity index (χ1v) is 6.96. The molecule has 0 unspecified atom stereocenters. The fraction of sp³-hybridized carbons (Fsp3) is 0.455. The van der Waals surface area contributed by atoms with E-state index in [0.29, 0.717) is 6.42 Å². The van der Waals surface area contributed by atoms with Crippen LogP contribution in [-0.4, -0.2) is 21.8 Å². The molecule has 0 saturated heterocycles. The van der Waals surface area contributed by atoms with Crippen LogP contribution >= 0.6 is 0 Å². The van der Waals surface area contributed by atoms with E-state index in [9.17, 15) is 8.42 Å². The Kier molecular flexibility index (Phi) is 4.32. The Balaban J connectivity index is 2.87. The monoisotopic (exact) mass is 243 g/mol. The van der Waals surface area contributed by atoms with Gasteiger partial charge in [0, 0.05) is 6.04 Å². The number of hydrogen-bond acceptors (Lipinski definition) is 3. The number of hydrogen-bond donors (Lipinski definition) is 1. The van der Waals surface area contributed by atoms with E-state index in [2.05, 4.69) is 4.72 Å². The van der Waals surface area contributed by atoms with Crippen molar-refractivity contribution >= 4 is 10.0 Å². The minimum absolute atomic E-state index is 0.180. The predicted molar refractivity (Wildman–Crippen MR) is 64.0 cm³/mol. The molecular formula is C11H17NO3S. The summed E-state index contributed by atoms with van der Waals surface area (Å²) >= 11 is 0. The third-order valence-electron chi connectivity index (χ3n) is 2.28. The Bertz CT molecular complexity index is 425. The molecule has 16 heavy (non-hydrogen) atoms. The van der Waals surface area contributed by atoms with E-state index in [1.807, 2.05) is 31.2 Å². The lowest BCUT2D eigenvalue weighted by atomic mass is 10.1. The van der Waals surface area contributed by atoms with Crippen molar-refractivity contribution in [2.45, 2.75) is 19.4 Å². The lowest BCUT2D eigenvalue weighted by molar-refractivity contribution is 0.414. The molecule has 1 aromatic rings. The first-order chi connectivity index (χ1) is 7.46. The summed E-state index contributed by atoms with van der Waals surface area (Å²) in [4.78, 5) is 0. The molecule has 0 aromatic heterocycles. The molecule has 5 heteroatoms. The Morgan fingerprint density at radius 3 is 2.25 bits per heavy atom. The van der Waals surface area contributed by atoms with Crippen LogP contribution in [0.5, 0.6) is 5.75 Å². The van der Waals surface area contributed by atoms with Crippen LogP contribution in [0, 0.1) is 0 Å². The summed E-state index contributed by atoms with van der Waals surface area (Å²) in [6.45, 7) is 1.94. The first-order valence-electron chi connectivity index (χ1n) is 5.07. The summed E-state index contributed by atoms with van der Waals surface area (Å²) in [6.07, 6.45) is 1.87.